The van der Waals surface area contributed by atoms with Crippen molar-refractivity contribution in [3.05, 3.63) is 77.6 Å². The standard InChI is InChI=1S/C23H14F9N5O3S/c24-21(25,26)11-34-41(39,40)15-3-1-2-14(8-15)35-20(38)16-10-33-37-18(23(30,31)32)9-17(36-19(16)37)12-4-6-13(7-5-12)22(27,28)29/h1-10,34H,11H2,(H,35,38). The van der Waals surface area contributed by atoms with Gasteiger partial charge in [0.1, 0.15) is 12.1 Å². The van der Waals surface area contributed by atoms with Gasteiger partial charge in [0.25, 0.3) is 5.91 Å². The van der Waals surface area contributed by atoms with Crippen molar-refractivity contribution >= 4 is 27.3 Å². The smallest absolute Gasteiger partial charge is 0.322 e. The van der Waals surface area contributed by atoms with Crippen LogP contribution in [-0.2, 0) is 22.4 Å². The Bertz CT molecular complexity index is 1710. The van der Waals surface area contributed by atoms with Crippen molar-refractivity contribution in [3.8, 4) is 11.3 Å². The average molecular weight is 611 g/mol. The second-order valence-corrected chi connectivity index (χ2v) is 10.1. The topological polar surface area (TPSA) is 105 Å². The molecule has 0 saturated carbocycles. The summed E-state index contributed by atoms with van der Waals surface area (Å²) in [5.41, 5.74) is -4.45. The largest absolute Gasteiger partial charge is 0.433 e. The fraction of sp³-hybridized carbons (Fsp3) is 0.174. The highest BCUT2D eigenvalue weighted by molar-refractivity contribution is 7.89. The van der Waals surface area contributed by atoms with E-state index in [2.05, 4.69) is 15.4 Å². The number of amides is 1. The van der Waals surface area contributed by atoms with E-state index >= 15 is 0 Å². The highest BCUT2D eigenvalue weighted by Gasteiger charge is 2.36. The first-order valence-electron chi connectivity index (χ1n) is 11.0. The number of nitrogens with zero attached hydrogens (tertiary/aromatic N) is 3. The first kappa shape index (κ1) is 29.8. The highest BCUT2D eigenvalue weighted by Crippen LogP contribution is 2.34. The molecule has 0 bridgehead atoms. The van der Waals surface area contributed by atoms with Crippen molar-refractivity contribution in [1.29, 1.82) is 0 Å². The number of halogens is 9. The van der Waals surface area contributed by atoms with Gasteiger partial charge in [-0.1, -0.05) is 18.2 Å². The lowest BCUT2D eigenvalue weighted by Gasteiger charge is -2.13. The molecule has 18 heteroatoms. The van der Waals surface area contributed by atoms with Crippen LogP contribution in [0.3, 0.4) is 0 Å². The van der Waals surface area contributed by atoms with Crippen LogP contribution in [0.4, 0.5) is 45.2 Å². The van der Waals surface area contributed by atoms with Crippen LogP contribution in [0.25, 0.3) is 16.9 Å². The third kappa shape index (κ3) is 6.76. The summed E-state index contributed by atoms with van der Waals surface area (Å²) in [6, 6.07) is 7.62. The maximum atomic E-state index is 13.8. The molecule has 0 aliphatic rings. The molecule has 4 aromatic rings. The molecule has 41 heavy (non-hydrogen) atoms. The quantitative estimate of drug-likeness (QED) is 0.279. The first-order valence-corrected chi connectivity index (χ1v) is 12.4. The number of alkyl halides is 9. The van der Waals surface area contributed by atoms with Gasteiger partial charge in [0, 0.05) is 11.3 Å². The minimum atomic E-state index is -5.03. The molecule has 2 aromatic heterocycles. The second-order valence-electron chi connectivity index (χ2n) is 8.31. The Labute approximate surface area is 223 Å². The number of hydrogen-bond donors (Lipinski definition) is 2. The Morgan fingerprint density at radius 2 is 1.54 bits per heavy atom. The van der Waals surface area contributed by atoms with E-state index in [9.17, 15) is 52.7 Å². The summed E-state index contributed by atoms with van der Waals surface area (Å²) in [5, 5.41) is 5.76. The maximum absolute atomic E-state index is 13.8. The summed E-state index contributed by atoms with van der Waals surface area (Å²) >= 11 is 0. The van der Waals surface area contributed by atoms with Crippen molar-refractivity contribution in [2.75, 3.05) is 11.9 Å². The molecule has 2 heterocycles. The molecule has 8 nitrogen and oxygen atoms in total. The Morgan fingerprint density at radius 1 is 0.878 bits per heavy atom. The van der Waals surface area contributed by atoms with Gasteiger partial charge >= 0.3 is 18.5 Å². The lowest BCUT2D eigenvalue weighted by Crippen LogP contribution is -2.33. The van der Waals surface area contributed by atoms with E-state index in [-0.39, 0.29) is 11.3 Å². The Morgan fingerprint density at radius 3 is 2.12 bits per heavy atom. The Kier molecular flexibility index (Phi) is 7.50. The number of rotatable bonds is 6. The molecule has 0 unspecified atom stereocenters. The number of carbonyl (C=O) groups is 1. The van der Waals surface area contributed by atoms with Crippen molar-refractivity contribution in [3.63, 3.8) is 0 Å². The van der Waals surface area contributed by atoms with Gasteiger partial charge in [0.05, 0.1) is 22.3 Å². The van der Waals surface area contributed by atoms with Gasteiger partial charge < -0.3 is 5.32 Å². The van der Waals surface area contributed by atoms with Crippen LogP contribution >= 0.6 is 0 Å². The molecule has 0 atom stereocenters. The van der Waals surface area contributed by atoms with Crippen LogP contribution in [-0.4, -0.2) is 41.6 Å². The van der Waals surface area contributed by atoms with Crippen molar-refractivity contribution in [2.24, 2.45) is 0 Å². The molecule has 4 rings (SSSR count). The maximum Gasteiger partial charge on any atom is 0.433 e. The fourth-order valence-corrected chi connectivity index (χ4v) is 4.56. The van der Waals surface area contributed by atoms with Gasteiger partial charge in [-0.25, -0.2) is 22.6 Å². The predicted molar refractivity (Wildman–Crippen MR) is 124 cm³/mol. The molecule has 0 radical (unpaired) electrons. The number of sulfonamides is 1. The third-order valence-electron chi connectivity index (χ3n) is 5.38. The summed E-state index contributed by atoms with van der Waals surface area (Å²) in [6.45, 7) is -1.86. The second kappa shape index (κ2) is 10.3. The normalized spacial score (nSPS) is 13.0. The van der Waals surface area contributed by atoms with Crippen molar-refractivity contribution < 1.29 is 52.7 Å². The van der Waals surface area contributed by atoms with E-state index in [1.54, 1.807) is 0 Å². The zero-order valence-corrected chi connectivity index (χ0v) is 20.7. The highest BCUT2D eigenvalue weighted by atomic mass is 32.2. The van der Waals surface area contributed by atoms with Crippen LogP contribution in [0.1, 0.15) is 21.6 Å². The molecule has 0 aliphatic heterocycles. The third-order valence-corrected chi connectivity index (χ3v) is 6.78. The molecule has 0 aliphatic carbocycles. The minimum absolute atomic E-state index is 0.136. The molecule has 218 valence electrons. The summed E-state index contributed by atoms with van der Waals surface area (Å²) in [5.74, 6) is -1.12. The van der Waals surface area contributed by atoms with Gasteiger partial charge in [-0.05, 0) is 36.4 Å². The van der Waals surface area contributed by atoms with E-state index in [1.807, 2.05) is 0 Å². The average Bonchev–Trinajstić information content (AvgIpc) is 3.30. The first-order chi connectivity index (χ1) is 18.8. The summed E-state index contributed by atoms with van der Waals surface area (Å²) < 4.78 is 143. The number of anilines is 1. The number of hydrogen-bond acceptors (Lipinski definition) is 5. The van der Waals surface area contributed by atoms with Crippen LogP contribution in [0, 0.1) is 0 Å². The molecule has 2 N–H and O–H groups in total. The molecule has 0 spiro atoms. The van der Waals surface area contributed by atoms with Gasteiger partial charge in [-0.15, -0.1) is 0 Å². The van der Waals surface area contributed by atoms with Gasteiger partial charge in [-0.2, -0.15) is 44.6 Å². The molecule has 0 saturated heterocycles. The molecular weight excluding hydrogens is 597 g/mol. The van der Waals surface area contributed by atoms with Crippen LogP contribution in [0.15, 0.2) is 65.7 Å². The zero-order valence-electron chi connectivity index (χ0n) is 19.9. The number of benzene rings is 2. The van der Waals surface area contributed by atoms with Crippen LogP contribution < -0.4 is 10.0 Å². The molecule has 0 fully saturated rings. The summed E-state index contributed by atoms with van der Waals surface area (Å²) in [4.78, 5) is 16.3. The van der Waals surface area contributed by atoms with E-state index in [0.29, 0.717) is 22.7 Å². The van der Waals surface area contributed by atoms with Crippen LogP contribution in [0.5, 0.6) is 0 Å². The van der Waals surface area contributed by atoms with E-state index < -0.39 is 74.1 Å². The van der Waals surface area contributed by atoms with Gasteiger partial charge in [0.15, 0.2) is 11.3 Å². The fourth-order valence-electron chi connectivity index (χ4n) is 3.50. The molecule has 1 amide bonds. The Hall–Kier alpha value is -4.19. The molecular formula is C23H14F9N5O3S. The van der Waals surface area contributed by atoms with E-state index in [0.717, 1.165) is 42.6 Å². The van der Waals surface area contributed by atoms with Gasteiger partial charge in [0.2, 0.25) is 10.0 Å². The number of nitrogens with one attached hydrogen (secondary N) is 2. The van der Waals surface area contributed by atoms with Crippen LogP contribution in [0.2, 0.25) is 0 Å². The number of aromatic nitrogens is 3. The van der Waals surface area contributed by atoms with Gasteiger partial charge in [-0.3, -0.25) is 4.79 Å². The lowest BCUT2D eigenvalue weighted by atomic mass is 10.1. The summed E-state index contributed by atoms with van der Waals surface area (Å²) in [6.07, 6.45) is -13.8. The Balaban J connectivity index is 1.71. The SMILES string of the molecule is O=C(Nc1cccc(S(=O)(=O)NCC(F)(F)F)c1)c1cnn2c(C(F)(F)F)cc(-c3ccc(C(F)(F)F)cc3)nc12. The predicted octanol–water partition coefficient (Wildman–Crippen LogP) is 5.53. The zero-order chi connectivity index (χ0) is 30.4. The number of carbonyl (C=O) groups excluding carboxylic acids is 1. The van der Waals surface area contributed by atoms with E-state index in [1.165, 1.54) is 4.72 Å². The molecule has 2 aromatic carbocycles. The summed E-state index contributed by atoms with van der Waals surface area (Å²) in [7, 11) is -4.66. The monoisotopic (exact) mass is 611 g/mol. The minimum Gasteiger partial charge on any atom is -0.322 e. The lowest BCUT2D eigenvalue weighted by molar-refractivity contribution is -0.142. The van der Waals surface area contributed by atoms with E-state index in [4.69, 9.17) is 0 Å². The van der Waals surface area contributed by atoms with Crippen molar-refractivity contribution in [2.45, 2.75) is 23.4 Å². The number of fused-ring (bicyclic) bond motifs is 1. The van der Waals surface area contributed by atoms with Crippen molar-refractivity contribution in [1.82, 2.24) is 19.3 Å².